The van der Waals surface area contributed by atoms with Gasteiger partial charge in [0.05, 0.1) is 0 Å². The van der Waals surface area contributed by atoms with E-state index < -0.39 is 0 Å². The van der Waals surface area contributed by atoms with E-state index >= 15 is 0 Å². The maximum Gasteiger partial charge on any atom is 0.224 e. The van der Waals surface area contributed by atoms with Crippen LogP contribution in [0.25, 0.3) is 0 Å². The average molecular weight is 318 g/mol. The highest BCUT2D eigenvalue weighted by atomic mass is 16.2. The molecule has 0 bridgehead atoms. The summed E-state index contributed by atoms with van der Waals surface area (Å²) in [6, 6.07) is 8.14. The Morgan fingerprint density at radius 2 is 1.65 bits per heavy atom. The molecule has 1 aromatic carbocycles. The van der Waals surface area contributed by atoms with Crippen LogP contribution >= 0.6 is 0 Å². The molecule has 0 atom stereocenters. The number of carbonyl (C=O) groups excluding carboxylic acids is 2. The quantitative estimate of drug-likeness (QED) is 0.700. The van der Waals surface area contributed by atoms with Crippen LogP contribution in [-0.2, 0) is 16.1 Å². The molecule has 0 aliphatic heterocycles. The SMILES string of the molecule is CCCN(CCC)C(=O)CCN(Cc1cccc(C)c1)C(C)=O. The van der Waals surface area contributed by atoms with Crippen molar-refractivity contribution in [2.24, 2.45) is 0 Å². The molecular formula is C19H30N2O2. The lowest BCUT2D eigenvalue weighted by Gasteiger charge is -2.25. The zero-order chi connectivity index (χ0) is 17.2. The number of carbonyl (C=O) groups is 2. The van der Waals surface area contributed by atoms with Crippen molar-refractivity contribution in [2.75, 3.05) is 19.6 Å². The van der Waals surface area contributed by atoms with Crippen LogP contribution in [0.2, 0.25) is 0 Å². The molecule has 23 heavy (non-hydrogen) atoms. The summed E-state index contributed by atoms with van der Waals surface area (Å²) in [7, 11) is 0. The van der Waals surface area contributed by atoms with Crippen LogP contribution in [0.15, 0.2) is 24.3 Å². The van der Waals surface area contributed by atoms with Gasteiger partial charge in [0.2, 0.25) is 11.8 Å². The molecule has 4 heteroatoms. The van der Waals surface area contributed by atoms with Crippen LogP contribution in [0.4, 0.5) is 0 Å². The third kappa shape index (κ3) is 6.85. The predicted molar refractivity (Wildman–Crippen MR) is 94.0 cm³/mol. The summed E-state index contributed by atoms with van der Waals surface area (Å²) in [4.78, 5) is 27.9. The topological polar surface area (TPSA) is 40.6 Å². The molecule has 4 nitrogen and oxygen atoms in total. The van der Waals surface area contributed by atoms with E-state index in [2.05, 4.69) is 19.9 Å². The van der Waals surface area contributed by atoms with Crippen molar-refractivity contribution in [1.82, 2.24) is 9.80 Å². The maximum absolute atomic E-state index is 12.3. The molecule has 2 amide bonds. The van der Waals surface area contributed by atoms with Crippen LogP contribution in [0.5, 0.6) is 0 Å². The predicted octanol–water partition coefficient (Wildman–Crippen LogP) is 3.38. The third-order valence-electron chi connectivity index (χ3n) is 3.84. The molecule has 0 aliphatic rings. The lowest BCUT2D eigenvalue weighted by Crippen LogP contribution is -2.36. The lowest BCUT2D eigenvalue weighted by atomic mass is 10.1. The van der Waals surface area contributed by atoms with Gasteiger partial charge in [0, 0.05) is 39.5 Å². The first-order valence-corrected chi connectivity index (χ1v) is 8.56. The number of hydrogen-bond donors (Lipinski definition) is 0. The second-order valence-corrected chi connectivity index (χ2v) is 6.06. The Labute approximate surface area is 140 Å². The molecular weight excluding hydrogens is 288 g/mol. The minimum absolute atomic E-state index is 0.0110. The number of amides is 2. The van der Waals surface area contributed by atoms with E-state index in [1.165, 1.54) is 5.56 Å². The van der Waals surface area contributed by atoms with Gasteiger partial charge in [-0.3, -0.25) is 9.59 Å². The smallest absolute Gasteiger partial charge is 0.224 e. The first-order chi connectivity index (χ1) is 11.0. The van der Waals surface area contributed by atoms with E-state index in [0.717, 1.165) is 31.5 Å². The first kappa shape index (κ1) is 19.2. The van der Waals surface area contributed by atoms with Gasteiger partial charge in [-0.25, -0.2) is 0 Å². The van der Waals surface area contributed by atoms with E-state index in [-0.39, 0.29) is 11.8 Å². The van der Waals surface area contributed by atoms with Crippen LogP contribution in [-0.4, -0.2) is 41.2 Å². The van der Waals surface area contributed by atoms with Crippen molar-refractivity contribution >= 4 is 11.8 Å². The van der Waals surface area contributed by atoms with Crippen molar-refractivity contribution in [3.63, 3.8) is 0 Å². The molecule has 0 unspecified atom stereocenters. The minimum atomic E-state index is 0.0110. The van der Waals surface area contributed by atoms with Gasteiger partial charge in [0.25, 0.3) is 0 Å². The Morgan fingerprint density at radius 3 is 2.17 bits per heavy atom. The summed E-state index contributed by atoms with van der Waals surface area (Å²) in [5.74, 6) is 0.154. The van der Waals surface area contributed by atoms with Gasteiger partial charge in [0.15, 0.2) is 0 Å². The third-order valence-corrected chi connectivity index (χ3v) is 3.84. The molecule has 0 spiro atoms. The van der Waals surface area contributed by atoms with Gasteiger partial charge in [-0.15, -0.1) is 0 Å². The van der Waals surface area contributed by atoms with Crippen molar-refractivity contribution in [1.29, 1.82) is 0 Å². The number of rotatable bonds is 9. The molecule has 0 saturated heterocycles. The highest BCUT2D eigenvalue weighted by Gasteiger charge is 2.15. The number of aryl methyl sites for hydroxylation is 1. The Balaban J connectivity index is 2.62. The highest BCUT2D eigenvalue weighted by Crippen LogP contribution is 2.09. The average Bonchev–Trinajstić information content (AvgIpc) is 2.50. The van der Waals surface area contributed by atoms with E-state index in [1.54, 1.807) is 11.8 Å². The normalized spacial score (nSPS) is 10.4. The van der Waals surface area contributed by atoms with Gasteiger partial charge in [-0.2, -0.15) is 0 Å². The van der Waals surface area contributed by atoms with Crippen molar-refractivity contribution in [3.05, 3.63) is 35.4 Å². The molecule has 0 saturated carbocycles. The van der Waals surface area contributed by atoms with Gasteiger partial charge in [-0.1, -0.05) is 43.7 Å². The molecule has 0 aliphatic carbocycles. The summed E-state index contributed by atoms with van der Waals surface area (Å²) in [5, 5.41) is 0. The van der Waals surface area contributed by atoms with Gasteiger partial charge >= 0.3 is 0 Å². The summed E-state index contributed by atoms with van der Waals surface area (Å²) in [5.41, 5.74) is 2.28. The molecule has 0 aromatic heterocycles. The number of hydrogen-bond acceptors (Lipinski definition) is 2. The van der Waals surface area contributed by atoms with E-state index in [1.807, 2.05) is 30.0 Å². The van der Waals surface area contributed by atoms with Crippen LogP contribution in [0.3, 0.4) is 0 Å². The Bertz CT molecular complexity index is 508. The fourth-order valence-electron chi connectivity index (χ4n) is 2.67. The van der Waals surface area contributed by atoms with Crippen molar-refractivity contribution in [2.45, 2.75) is 53.5 Å². The monoisotopic (exact) mass is 318 g/mol. The standard InChI is InChI=1S/C19H30N2O2/c1-5-11-20(12-6-2)19(23)10-13-21(17(4)22)15-18-9-7-8-16(3)14-18/h7-9,14H,5-6,10-13,15H2,1-4H3. The van der Waals surface area contributed by atoms with E-state index in [4.69, 9.17) is 0 Å². The molecule has 128 valence electrons. The molecule has 0 radical (unpaired) electrons. The van der Waals surface area contributed by atoms with Crippen LogP contribution in [0.1, 0.15) is 51.2 Å². The molecule has 1 rings (SSSR count). The van der Waals surface area contributed by atoms with Gasteiger partial charge < -0.3 is 9.80 Å². The maximum atomic E-state index is 12.3. The Morgan fingerprint density at radius 1 is 1.00 bits per heavy atom. The van der Waals surface area contributed by atoms with E-state index in [9.17, 15) is 9.59 Å². The van der Waals surface area contributed by atoms with Crippen LogP contribution < -0.4 is 0 Å². The highest BCUT2D eigenvalue weighted by molar-refractivity contribution is 5.78. The molecule has 0 fully saturated rings. The van der Waals surface area contributed by atoms with Gasteiger partial charge in [0.1, 0.15) is 0 Å². The van der Waals surface area contributed by atoms with E-state index in [0.29, 0.717) is 19.5 Å². The fourth-order valence-corrected chi connectivity index (χ4v) is 2.67. The van der Waals surface area contributed by atoms with Gasteiger partial charge in [-0.05, 0) is 25.3 Å². The molecule has 0 N–H and O–H groups in total. The Hall–Kier alpha value is -1.84. The second-order valence-electron chi connectivity index (χ2n) is 6.06. The molecule has 0 heterocycles. The first-order valence-electron chi connectivity index (χ1n) is 8.56. The Kier molecular flexibility index (Phi) is 8.38. The molecule has 1 aromatic rings. The largest absolute Gasteiger partial charge is 0.343 e. The lowest BCUT2D eigenvalue weighted by molar-refractivity contribution is -0.133. The number of nitrogens with zero attached hydrogens (tertiary/aromatic N) is 2. The second kappa shape index (κ2) is 10.0. The summed E-state index contributed by atoms with van der Waals surface area (Å²) < 4.78 is 0. The summed E-state index contributed by atoms with van der Waals surface area (Å²) in [6.07, 6.45) is 2.32. The van der Waals surface area contributed by atoms with Crippen molar-refractivity contribution < 1.29 is 9.59 Å². The van der Waals surface area contributed by atoms with Crippen LogP contribution in [0, 0.1) is 6.92 Å². The summed E-state index contributed by atoms with van der Waals surface area (Å²) in [6.45, 7) is 10.4. The zero-order valence-electron chi connectivity index (χ0n) is 15.0. The summed E-state index contributed by atoms with van der Waals surface area (Å²) >= 11 is 0. The number of benzene rings is 1. The fraction of sp³-hybridized carbons (Fsp3) is 0.579. The zero-order valence-corrected chi connectivity index (χ0v) is 15.0. The minimum Gasteiger partial charge on any atom is -0.343 e. The van der Waals surface area contributed by atoms with Crippen molar-refractivity contribution in [3.8, 4) is 0 Å².